The zero-order chi connectivity index (χ0) is 11.3. The molecule has 0 aromatic rings. The van der Waals surface area contributed by atoms with Gasteiger partial charge < -0.3 is 4.74 Å². The van der Waals surface area contributed by atoms with E-state index >= 15 is 0 Å². The molecule has 15 heavy (non-hydrogen) atoms. The molecule has 0 amide bonds. The highest BCUT2D eigenvalue weighted by molar-refractivity contribution is 5.96. The van der Waals surface area contributed by atoms with E-state index in [1.165, 1.54) is 0 Å². The van der Waals surface area contributed by atoms with Crippen LogP contribution < -0.4 is 0 Å². The summed E-state index contributed by atoms with van der Waals surface area (Å²) >= 11 is 0. The lowest BCUT2D eigenvalue weighted by Gasteiger charge is -2.16. The minimum Gasteiger partial charge on any atom is -0.431 e. The number of ketones is 1. The van der Waals surface area contributed by atoms with Crippen molar-refractivity contribution < 1.29 is 14.3 Å². The summed E-state index contributed by atoms with van der Waals surface area (Å²) in [5.41, 5.74) is 0.741. The molecule has 84 valence electrons. The average Bonchev–Trinajstić information content (AvgIpc) is 2.26. The molecule has 0 atom stereocenters. The van der Waals surface area contributed by atoms with Crippen molar-refractivity contribution in [2.75, 3.05) is 0 Å². The molecule has 0 aromatic heterocycles. The summed E-state index contributed by atoms with van der Waals surface area (Å²) < 4.78 is 5.18. The van der Waals surface area contributed by atoms with Crippen molar-refractivity contribution >= 4 is 11.8 Å². The van der Waals surface area contributed by atoms with Crippen molar-refractivity contribution in [2.45, 2.75) is 52.4 Å². The van der Waals surface area contributed by atoms with Crippen molar-refractivity contribution in [3.63, 3.8) is 0 Å². The first-order valence-corrected chi connectivity index (χ1v) is 5.64. The molecule has 1 saturated carbocycles. The maximum atomic E-state index is 11.6. The van der Waals surface area contributed by atoms with Gasteiger partial charge in [0.1, 0.15) is 5.76 Å². The molecule has 1 fully saturated rings. The Morgan fingerprint density at radius 2 is 1.87 bits per heavy atom. The van der Waals surface area contributed by atoms with E-state index in [4.69, 9.17) is 4.74 Å². The second-order valence-electron chi connectivity index (χ2n) is 3.71. The van der Waals surface area contributed by atoms with Crippen LogP contribution in [0, 0.1) is 0 Å². The van der Waals surface area contributed by atoms with Gasteiger partial charge in [0.15, 0.2) is 5.78 Å². The van der Waals surface area contributed by atoms with Crippen molar-refractivity contribution in [1.82, 2.24) is 0 Å². The molecule has 0 saturated heterocycles. The average molecular weight is 210 g/mol. The van der Waals surface area contributed by atoms with E-state index < -0.39 is 0 Å². The lowest BCUT2D eigenvalue weighted by molar-refractivity contribution is -0.139. The number of esters is 1. The van der Waals surface area contributed by atoms with Crippen LogP contribution in [-0.4, -0.2) is 11.8 Å². The Labute approximate surface area is 90.5 Å². The van der Waals surface area contributed by atoms with E-state index in [-0.39, 0.29) is 11.8 Å². The molecule has 3 heteroatoms. The molecule has 0 heterocycles. The third-order valence-electron chi connectivity index (χ3n) is 2.60. The maximum Gasteiger partial charge on any atom is 0.310 e. The number of hydrogen-bond donors (Lipinski definition) is 0. The molecule has 1 aliphatic rings. The van der Waals surface area contributed by atoms with Crippen molar-refractivity contribution in [2.24, 2.45) is 0 Å². The largest absolute Gasteiger partial charge is 0.431 e. The van der Waals surface area contributed by atoms with Crippen LogP contribution in [0.25, 0.3) is 0 Å². The lowest BCUT2D eigenvalue weighted by Crippen LogP contribution is -2.14. The van der Waals surface area contributed by atoms with E-state index in [0.29, 0.717) is 25.0 Å². The molecule has 1 aliphatic carbocycles. The number of carbonyl (C=O) groups excluding carboxylic acids is 2. The number of carbonyl (C=O) groups is 2. The van der Waals surface area contributed by atoms with Crippen LogP contribution in [0.1, 0.15) is 52.4 Å². The smallest absolute Gasteiger partial charge is 0.310 e. The van der Waals surface area contributed by atoms with Gasteiger partial charge in [-0.05, 0) is 19.3 Å². The third kappa shape index (κ3) is 3.18. The van der Waals surface area contributed by atoms with Crippen LogP contribution >= 0.6 is 0 Å². The second-order valence-corrected chi connectivity index (χ2v) is 3.71. The Bertz CT molecular complexity index is 289. The summed E-state index contributed by atoms with van der Waals surface area (Å²) in [5, 5.41) is 0. The minimum absolute atomic E-state index is 0.155. The Morgan fingerprint density at radius 1 is 1.20 bits per heavy atom. The summed E-state index contributed by atoms with van der Waals surface area (Å²) in [7, 11) is 0. The van der Waals surface area contributed by atoms with Gasteiger partial charge in [0.05, 0.1) is 0 Å². The van der Waals surface area contributed by atoms with Gasteiger partial charge in [0.2, 0.25) is 0 Å². The van der Waals surface area contributed by atoms with Crippen LogP contribution in [-0.2, 0) is 14.3 Å². The predicted octanol–water partition coefficient (Wildman–Crippen LogP) is 2.75. The number of hydrogen-bond acceptors (Lipinski definition) is 3. The molecular formula is C12H18O3. The molecule has 0 aliphatic heterocycles. The zero-order valence-electron chi connectivity index (χ0n) is 9.47. The van der Waals surface area contributed by atoms with Gasteiger partial charge in [-0.25, -0.2) is 0 Å². The Hall–Kier alpha value is -1.12. The van der Waals surface area contributed by atoms with E-state index in [0.717, 1.165) is 24.8 Å². The monoisotopic (exact) mass is 210 g/mol. The highest BCUT2D eigenvalue weighted by atomic mass is 16.5. The number of ether oxygens (including phenoxy) is 1. The fraction of sp³-hybridized carbons (Fsp3) is 0.667. The maximum absolute atomic E-state index is 11.6. The van der Waals surface area contributed by atoms with Gasteiger partial charge in [-0.3, -0.25) is 9.59 Å². The molecular weight excluding hydrogens is 192 g/mol. The van der Waals surface area contributed by atoms with Gasteiger partial charge in [0, 0.05) is 24.8 Å². The fourth-order valence-electron chi connectivity index (χ4n) is 1.73. The van der Waals surface area contributed by atoms with Gasteiger partial charge in [-0.2, -0.15) is 0 Å². The topological polar surface area (TPSA) is 43.4 Å². The van der Waals surface area contributed by atoms with Gasteiger partial charge in [0.25, 0.3) is 0 Å². The van der Waals surface area contributed by atoms with Crippen LogP contribution in [0.3, 0.4) is 0 Å². The number of allylic oxidation sites excluding steroid dienone is 2. The molecule has 0 unspecified atom stereocenters. The van der Waals surface area contributed by atoms with E-state index in [1.807, 2.05) is 6.92 Å². The standard InChI is InChI=1S/C12H18O3/c1-3-11(15-12(14)4-2)9-7-5-6-8-10(9)13/h3-8H2,1-2H3/b11-9+. The van der Waals surface area contributed by atoms with E-state index in [1.54, 1.807) is 6.92 Å². The molecule has 3 nitrogen and oxygen atoms in total. The predicted molar refractivity (Wildman–Crippen MR) is 57.2 cm³/mol. The lowest BCUT2D eigenvalue weighted by atomic mass is 9.92. The summed E-state index contributed by atoms with van der Waals surface area (Å²) in [6, 6.07) is 0. The molecule has 0 spiro atoms. The van der Waals surface area contributed by atoms with Crippen LogP contribution in [0.2, 0.25) is 0 Å². The van der Waals surface area contributed by atoms with Crippen molar-refractivity contribution in [3.8, 4) is 0 Å². The minimum atomic E-state index is -0.252. The summed E-state index contributed by atoms with van der Waals surface area (Å²) in [6.07, 6.45) is 4.31. The summed E-state index contributed by atoms with van der Waals surface area (Å²) in [4.78, 5) is 22.8. The highest BCUT2D eigenvalue weighted by Gasteiger charge is 2.20. The van der Waals surface area contributed by atoms with Gasteiger partial charge in [-0.1, -0.05) is 13.8 Å². The fourth-order valence-corrected chi connectivity index (χ4v) is 1.73. The first-order valence-electron chi connectivity index (χ1n) is 5.64. The van der Waals surface area contributed by atoms with Crippen molar-refractivity contribution in [1.29, 1.82) is 0 Å². The Morgan fingerprint density at radius 3 is 2.40 bits per heavy atom. The summed E-state index contributed by atoms with van der Waals surface area (Å²) in [6.45, 7) is 3.66. The number of rotatable bonds is 3. The molecule has 0 aromatic carbocycles. The normalized spacial score (nSPS) is 20.0. The van der Waals surface area contributed by atoms with Gasteiger partial charge >= 0.3 is 5.97 Å². The first-order chi connectivity index (χ1) is 7.19. The number of Topliss-reactive ketones (excluding diaryl/α,β-unsaturated/α-hetero) is 1. The molecule has 1 rings (SSSR count). The molecule has 0 radical (unpaired) electrons. The third-order valence-corrected chi connectivity index (χ3v) is 2.60. The highest BCUT2D eigenvalue weighted by Crippen LogP contribution is 2.25. The van der Waals surface area contributed by atoms with Crippen LogP contribution in [0.5, 0.6) is 0 Å². The van der Waals surface area contributed by atoms with Crippen LogP contribution in [0.15, 0.2) is 11.3 Å². The van der Waals surface area contributed by atoms with Crippen LogP contribution in [0.4, 0.5) is 0 Å². The van der Waals surface area contributed by atoms with Crippen molar-refractivity contribution in [3.05, 3.63) is 11.3 Å². The van der Waals surface area contributed by atoms with E-state index in [9.17, 15) is 9.59 Å². The van der Waals surface area contributed by atoms with E-state index in [2.05, 4.69) is 0 Å². The quantitative estimate of drug-likeness (QED) is 0.408. The molecule has 0 N–H and O–H groups in total. The Kier molecular flexibility index (Phi) is 4.53. The summed E-state index contributed by atoms with van der Waals surface area (Å²) in [5.74, 6) is 0.492. The molecule has 0 bridgehead atoms. The first kappa shape index (κ1) is 12.0. The second kappa shape index (κ2) is 5.69. The zero-order valence-corrected chi connectivity index (χ0v) is 9.47. The Balaban J connectivity index is 2.80. The SMILES string of the molecule is CCC(=O)O/C(CC)=C1\CCCCC1=O. The van der Waals surface area contributed by atoms with Gasteiger partial charge in [-0.15, -0.1) is 0 Å².